The normalized spacial score (nSPS) is 18.6. The second-order valence-corrected chi connectivity index (χ2v) is 3.79. The highest BCUT2D eigenvalue weighted by molar-refractivity contribution is 5.46. The van der Waals surface area contributed by atoms with Gasteiger partial charge < -0.3 is 11.5 Å². The number of hydrogen-bond donors (Lipinski definition) is 2. The van der Waals surface area contributed by atoms with Crippen molar-refractivity contribution in [3.8, 4) is 0 Å². The lowest BCUT2D eigenvalue weighted by Gasteiger charge is -2.15. The molecule has 1 aromatic rings. The third kappa shape index (κ3) is 1.52. The number of nitrogens with two attached hydrogens (primary N) is 2. The Hall–Kier alpha value is -1.09. The lowest BCUT2D eigenvalue weighted by molar-refractivity contribution is 0.629. The van der Waals surface area contributed by atoms with Crippen molar-refractivity contribution in [2.24, 2.45) is 11.7 Å². The first kappa shape index (κ1) is 8.51. The Kier molecular flexibility index (Phi) is 1.96. The molecule has 0 aromatic carbocycles. The number of anilines is 1. The molecule has 1 aliphatic rings. The maximum Gasteiger partial charge on any atom is 0.128 e. The molecule has 3 nitrogen and oxygen atoms in total. The Morgan fingerprint density at radius 1 is 1.54 bits per heavy atom. The van der Waals surface area contributed by atoms with Crippen molar-refractivity contribution in [2.45, 2.75) is 25.8 Å². The number of rotatable bonds is 2. The van der Waals surface area contributed by atoms with Gasteiger partial charge in [0.05, 0.1) is 0 Å². The van der Waals surface area contributed by atoms with Crippen molar-refractivity contribution in [3.05, 3.63) is 23.4 Å². The van der Waals surface area contributed by atoms with E-state index in [1.165, 1.54) is 12.8 Å². The van der Waals surface area contributed by atoms with E-state index in [0.29, 0.717) is 11.7 Å². The number of aryl methyl sites for hydroxylation is 1. The monoisotopic (exact) mass is 177 g/mol. The number of nitrogen functional groups attached to an aromatic ring is 1. The average molecular weight is 177 g/mol. The molecule has 0 bridgehead atoms. The van der Waals surface area contributed by atoms with E-state index >= 15 is 0 Å². The molecule has 3 heteroatoms. The summed E-state index contributed by atoms with van der Waals surface area (Å²) in [5.41, 5.74) is 14.1. The highest BCUT2D eigenvalue weighted by atomic mass is 14.8. The minimum absolute atomic E-state index is 0.0914. The van der Waals surface area contributed by atoms with Crippen molar-refractivity contribution in [1.29, 1.82) is 0 Å². The van der Waals surface area contributed by atoms with Crippen LogP contribution in [0.4, 0.5) is 5.82 Å². The van der Waals surface area contributed by atoms with Crippen LogP contribution in [0, 0.1) is 12.8 Å². The summed E-state index contributed by atoms with van der Waals surface area (Å²) in [5, 5.41) is 0. The van der Waals surface area contributed by atoms with Crippen molar-refractivity contribution < 1.29 is 0 Å². The van der Waals surface area contributed by atoms with Gasteiger partial charge in [0, 0.05) is 17.8 Å². The second kappa shape index (κ2) is 3.00. The summed E-state index contributed by atoms with van der Waals surface area (Å²) in [6.07, 6.45) is 4.19. The van der Waals surface area contributed by atoms with Crippen LogP contribution in [-0.4, -0.2) is 4.98 Å². The maximum absolute atomic E-state index is 6.08. The van der Waals surface area contributed by atoms with Gasteiger partial charge in [-0.05, 0) is 37.3 Å². The maximum atomic E-state index is 6.08. The van der Waals surface area contributed by atoms with Crippen LogP contribution in [0.5, 0.6) is 0 Å². The third-order valence-corrected chi connectivity index (χ3v) is 2.70. The molecule has 0 aliphatic heterocycles. The fraction of sp³-hybridized carbons (Fsp3) is 0.500. The van der Waals surface area contributed by atoms with E-state index in [4.69, 9.17) is 11.5 Å². The van der Waals surface area contributed by atoms with E-state index < -0.39 is 0 Å². The van der Waals surface area contributed by atoms with Crippen molar-refractivity contribution in [3.63, 3.8) is 0 Å². The van der Waals surface area contributed by atoms with Crippen molar-refractivity contribution in [1.82, 2.24) is 4.98 Å². The van der Waals surface area contributed by atoms with Gasteiger partial charge in [0.2, 0.25) is 0 Å². The van der Waals surface area contributed by atoms with Gasteiger partial charge in [0.25, 0.3) is 0 Å². The van der Waals surface area contributed by atoms with Crippen molar-refractivity contribution in [2.75, 3.05) is 5.73 Å². The highest BCUT2D eigenvalue weighted by Crippen LogP contribution is 2.41. The predicted molar refractivity (Wildman–Crippen MR) is 53.0 cm³/mol. The molecular weight excluding hydrogens is 162 g/mol. The lowest BCUT2D eigenvalue weighted by Crippen LogP contribution is -2.16. The van der Waals surface area contributed by atoms with Gasteiger partial charge in [0.15, 0.2) is 0 Å². The third-order valence-electron chi connectivity index (χ3n) is 2.70. The molecule has 1 fully saturated rings. The largest absolute Gasteiger partial charge is 0.383 e. The van der Waals surface area contributed by atoms with Gasteiger partial charge in [-0.3, -0.25) is 0 Å². The van der Waals surface area contributed by atoms with Crippen LogP contribution in [0.2, 0.25) is 0 Å². The van der Waals surface area contributed by atoms with Crippen LogP contribution in [-0.2, 0) is 0 Å². The zero-order valence-corrected chi connectivity index (χ0v) is 7.83. The summed E-state index contributed by atoms with van der Waals surface area (Å²) in [6.45, 7) is 2.04. The van der Waals surface area contributed by atoms with E-state index in [-0.39, 0.29) is 6.04 Å². The van der Waals surface area contributed by atoms with Gasteiger partial charge in [-0.2, -0.15) is 0 Å². The summed E-state index contributed by atoms with van der Waals surface area (Å²) in [4.78, 5) is 4.07. The topological polar surface area (TPSA) is 64.9 Å². The number of pyridine rings is 1. The van der Waals surface area contributed by atoms with E-state index in [0.717, 1.165) is 11.1 Å². The van der Waals surface area contributed by atoms with E-state index in [1.807, 2.05) is 13.0 Å². The van der Waals surface area contributed by atoms with Gasteiger partial charge >= 0.3 is 0 Å². The summed E-state index contributed by atoms with van der Waals surface area (Å²) >= 11 is 0. The number of nitrogens with zero attached hydrogens (tertiary/aromatic N) is 1. The molecule has 1 heterocycles. The Labute approximate surface area is 78.1 Å². The Morgan fingerprint density at radius 3 is 2.77 bits per heavy atom. The van der Waals surface area contributed by atoms with E-state index in [1.54, 1.807) is 6.20 Å². The number of aromatic nitrogens is 1. The standard InChI is InChI=1S/C10H15N3/c1-6-4-5-13-10(12)8(6)9(11)7-2-3-7/h4-5,7,9H,2-3,11H2,1H3,(H2,12,13). The van der Waals surface area contributed by atoms with Gasteiger partial charge in [-0.1, -0.05) is 0 Å². The molecule has 70 valence electrons. The number of hydrogen-bond acceptors (Lipinski definition) is 3. The second-order valence-electron chi connectivity index (χ2n) is 3.79. The van der Waals surface area contributed by atoms with Gasteiger partial charge in [-0.15, -0.1) is 0 Å². The van der Waals surface area contributed by atoms with E-state index in [2.05, 4.69) is 4.98 Å². The molecule has 0 spiro atoms. The van der Waals surface area contributed by atoms with Crippen LogP contribution in [0.3, 0.4) is 0 Å². The molecule has 1 unspecified atom stereocenters. The SMILES string of the molecule is Cc1ccnc(N)c1C(N)C1CC1. The van der Waals surface area contributed by atoms with Crippen LogP contribution < -0.4 is 11.5 Å². The van der Waals surface area contributed by atoms with Crippen molar-refractivity contribution >= 4 is 5.82 Å². The minimum atomic E-state index is 0.0914. The fourth-order valence-corrected chi connectivity index (χ4v) is 1.72. The zero-order valence-electron chi connectivity index (χ0n) is 7.83. The molecule has 1 atom stereocenters. The first-order valence-corrected chi connectivity index (χ1v) is 4.66. The zero-order chi connectivity index (χ0) is 9.42. The summed E-state index contributed by atoms with van der Waals surface area (Å²) in [6, 6.07) is 2.06. The smallest absolute Gasteiger partial charge is 0.128 e. The first-order valence-electron chi connectivity index (χ1n) is 4.66. The molecule has 4 N–H and O–H groups in total. The average Bonchev–Trinajstić information content (AvgIpc) is 2.85. The first-order chi connectivity index (χ1) is 6.20. The Morgan fingerprint density at radius 2 is 2.23 bits per heavy atom. The van der Waals surface area contributed by atoms with Crippen LogP contribution >= 0.6 is 0 Å². The fourth-order valence-electron chi connectivity index (χ4n) is 1.72. The van der Waals surface area contributed by atoms with Gasteiger partial charge in [-0.25, -0.2) is 4.98 Å². The molecule has 13 heavy (non-hydrogen) atoms. The predicted octanol–water partition coefficient (Wildman–Crippen LogP) is 1.38. The highest BCUT2D eigenvalue weighted by Gasteiger charge is 2.31. The lowest BCUT2D eigenvalue weighted by atomic mass is 10.00. The van der Waals surface area contributed by atoms with Crippen LogP contribution in [0.15, 0.2) is 12.3 Å². The molecule has 1 aliphatic carbocycles. The summed E-state index contributed by atoms with van der Waals surface area (Å²) in [5.74, 6) is 1.23. The Balaban J connectivity index is 2.36. The molecule has 1 aromatic heterocycles. The quantitative estimate of drug-likeness (QED) is 0.717. The summed E-state index contributed by atoms with van der Waals surface area (Å²) < 4.78 is 0. The molecule has 2 rings (SSSR count). The summed E-state index contributed by atoms with van der Waals surface area (Å²) in [7, 11) is 0. The molecule has 0 amide bonds. The molecule has 0 radical (unpaired) electrons. The Bertz CT molecular complexity index is 298. The molecule has 1 saturated carbocycles. The molecule has 0 saturated heterocycles. The van der Waals surface area contributed by atoms with Gasteiger partial charge in [0.1, 0.15) is 5.82 Å². The van der Waals surface area contributed by atoms with E-state index in [9.17, 15) is 0 Å². The van der Waals surface area contributed by atoms with Crippen LogP contribution in [0.1, 0.15) is 30.0 Å². The minimum Gasteiger partial charge on any atom is -0.383 e. The van der Waals surface area contributed by atoms with Crippen LogP contribution in [0.25, 0.3) is 0 Å². The molecular formula is C10H15N3.